The number of carbonyl (C=O) groups is 4. The van der Waals surface area contributed by atoms with E-state index in [1.165, 1.54) is 36.4 Å². The molecule has 450 valence electrons. The van der Waals surface area contributed by atoms with Crippen molar-refractivity contribution in [3.05, 3.63) is 169 Å². The molecule has 2 atom stereocenters. The first kappa shape index (κ1) is 63.1. The number of aromatic nitrogens is 2. The zero-order chi connectivity index (χ0) is 61.3. The van der Waals surface area contributed by atoms with Gasteiger partial charge in [0.25, 0.3) is 11.8 Å². The van der Waals surface area contributed by atoms with Crippen LogP contribution in [0.5, 0.6) is 11.5 Å². The fourth-order valence-electron chi connectivity index (χ4n) is 9.63. The number of pyridine rings is 2. The number of nitrogens with two attached hydrogens (primary N) is 2. The first-order valence-electron chi connectivity index (χ1n) is 27.8. The Bertz CT molecular complexity index is 3520. The summed E-state index contributed by atoms with van der Waals surface area (Å²) in [4.78, 5) is 60.2. The quantitative estimate of drug-likeness (QED) is 0.0665. The standard InChI is InChI=1S/C28H26ClFN4O4.C23H27BClN3O4.C11H11BrFNO2/c29-23-13-19(18-3-4-22(24(30)14-18)28(36)34-7-9-37-10-8-34)11-20-12-21(38-27(20)23)16-33-26(35)6-2-17-1-5-25(31)32-15-17;1-22(2)23(3,4)32-24(31-22)16-9-15-10-17(30-21(15)18(25)11-16)13-28-20(29)8-6-14-5-7-19(26)27-12-14;12-8-1-2-9(10(13)7-8)11(15)14-3-5-16-6-4-14/h1-6,11,13-15,21H,7-10,12,16H2,(H2,31,32)(H,33,35);5-9,11-12,17H,10,13H2,1-4H3,(H2,26,27)(H,28,29);1-2,7H,3-6H2/b6-2+;8-6+;. The Hall–Kier alpha value is -7.44. The molecule has 4 amide bonds. The minimum atomic E-state index is -0.588. The van der Waals surface area contributed by atoms with Crippen molar-refractivity contribution in [3.8, 4) is 22.6 Å². The van der Waals surface area contributed by atoms with Crippen LogP contribution in [0, 0.1) is 11.6 Å². The Morgan fingerprint density at radius 3 is 1.57 bits per heavy atom. The van der Waals surface area contributed by atoms with Crippen LogP contribution in [-0.2, 0) is 41.2 Å². The molecule has 11 rings (SSSR count). The van der Waals surface area contributed by atoms with Gasteiger partial charge in [0.05, 0.1) is 71.9 Å². The highest BCUT2D eigenvalue weighted by molar-refractivity contribution is 9.10. The van der Waals surface area contributed by atoms with Crippen molar-refractivity contribution in [2.75, 3.05) is 77.2 Å². The van der Waals surface area contributed by atoms with Gasteiger partial charge in [0.1, 0.15) is 47.0 Å². The Balaban J connectivity index is 0.000000166. The van der Waals surface area contributed by atoms with E-state index >= 15 is 0 Å². The van der Waals surface area contributed by atoms with Crippen molar-refractivity contribution < 1.29 is 56.2 Å². The normalized spacial score (nSPS) is 18.2. The second kappa shape index (κ2) is 27.9. The van der Waals surface area contributed by atoms with Crippen LogP contribution in [0.2, 0.25) is 10.0 Å². The summed E-state index contributed by atoms with van der Waals surface area (Å²) in [6, 6.07) is 23.4. The van der Waals surface area contributed by atoms with Gasteiger partial charge < -0.3 is 60.2 Å². The number of hydrogen-bond donors (Lipinski definition) is 4. The fraction of sp³-hybridized carbons (Fsp3) is 0.323. The minimum absolute atomic E-state index is 0.0313. The number of nitrogens with one attached hydrogen (secondary N) is 2. The van der Waals surface area contributed by atoms with E-state index in [0.29, 0.717) is 121 Å². The number of carbonyl (C=O) groups excluding carboxylic acids is 4. The van der Waals surface area contributed by atoms with Gasteiger partial charge in [-0.3, -0.25) is 19.2 Å². The van der Waals surface area contributed by atoms with Gasteiger partial charge in [-0.2, -0.15) is 0 Å². The van der Waals surface area contributed by atoms with E-state index in [9.17, 15) is 28.0 Å². The molecule has 2 aromatic heterocycles. The highest BCUT2D eigenvalue weighted by atomic mass is 79.9. The van der Waals surface area contributed by atoms with Gasteiger partial charge in [-0.25, -0.2) is 18.7 Å². The van der Waals surface area contributed by atoms with E-state index in [-0.39, 0.29) is 53.5 Å². The van der Waals surface area contributed by atoms with Gasteiger partial charge in [-0.05, 0) is 146 Å². The lowest BCUT2D eigenvalue weighted by molar-refractivity contribution is -0.117. The van der Waals surface area contributed by atoms with Crippen molar-refractivity contribution in [3.63, 3.8) is 0 Å². The van der Waals surface area contributed by atoms with Crippen molar-refractivity contribution in [1.82, 2.24) is 30.4 Å². The number of nitrogens with zero attached hydrogens (tertiary/aromatic N) is 4. The van der Waals surface area contributed by atoms with Crippen molar-refractivity contribution in [1.29, 1.82) is 0 Å². The van der Waals surface area contributed by atoms with E-state index in [1.807, 2.05) is 45.9 Å². The van der Waals surface area contributed by atoms with Gasteiger partial charge in [0, 0.05) is 73.6 Å². The number of amides is 4. The van der Waals surface area contributed by atoms with Crippen molar-refractivity contribution in [2.24, 2.45) is 0 Å². The lowest BCUT2D eigenvalue weighted by Crippen LogP contribution is -2.41. The SMILES string of the molecule is CC1(C)OB(c2cc(Cl)c3c(c2)CC(CNC(=O)/C=C/c2ccc(N)nc2)O3)OC1(C)C.Nc1ccc(/C=C/C(=O)NCC2Cc3cc(-c4ccc(C(=O)N5CCOCC5)c(F)c4)cc(Cl)c3O2)cn1.O=C(c1ccc(Br)cc1F)N1CCOCC1. The molecule has 5 aliphatic rings. The van der Waals surface area contributed by atoms with E-state index in [2.05, 4.69) is 36.5 Å². The maximum atomic E-state index is 15.0. The molecule has 6 N–H and O–H groups in total. The predicted molar refractivity (Wildman–Crippen MR) is 329 cm³/mol. The lowest BCUT2D eigenvalue weighted by atomic mass is 9.78. The van der Waals surface area contributed by atoms with Gasteiger partial charge in [-0.1, -0.05) is 51.3 Å². The predicted octanol–water partition coefficient (Wildman–Crippen LogP) is 8.54. The van der Waals surface area contributed by atoms with E-state index in [1.54, 1.807) is 76.8 Å². The molecule has 18 nitrogen and oxygen atoms in total. The highest BCUT2D eigenvalue weighted by Gasteiger charge is 2.52. The zero-order valence-electron chi connectivity index (χ0n) is 47.7. The first-order valence-corrected chi connectivity index (χ1v) is 29.3. The van der Waals surface area contributed by atoms with Crippen LogP contribution in [0.25, 0.3) is 23.3 Å². The third kappa shape index (κ3) is 15.9. The zero-order valence-corrected chi connectivity index (χ0v) is 50.8. The topological polar surface area (TPSA) is 232 Å². The first-order chi connectivity index (χ1) is 41.1. The summed E-state index contributed by atoms with van der Waals surface area (Å²) in [5.74, 6) is -0.137. The van der Waals surface area contributed by atoms with Gasteiger partial charge in [0.2, 0.25) is 11.8 Å². The number of nitrogen functional groups attached to an aromatic ring is 2. The molecule has 3 fully saturated rings. The molecule has 0 spiro atoms. The van der Waals surface area contributed by atoms with Crippen LogP contribution in [0.1, 0.15) is 70.7 Å². The number of ether oxygens (including phenoxy) is 4. The molecular formula is C62H64BBrCl2F2N8O10. The van der Waals surface area contributed by atoms with Crippen LogP contribution in [-0.4, -0.2) is 140 Å². The summed E-state index contributed by atoms with van der Waals surface area (Å²) < 4.78 is 63.8. The molecule has 0 bridgehead atoms. The second-order valence-electron chi connectivity index (χ2n) is 21.7. The molecule has 0 radical (unpaired) electrons. The Morgan fingerprint density at radius 1 is 0.640 bits per heavy atom. The third-order valence-corrected chi connectivity index (χ3v) is 16.1. The van der Waals surface area contributed by atoms with Crippen LogP contribution in [0.4, 0.5) is 20.4 Å². The molecule has 0 saturated carbocycles. The summed E-state index contributed by atoms with van der Waals surface area (Å²) in [6.45, 7) is 12.6. The molecule has 7 heterocycles. The van der Waals surface area contributed by atoms with E-state index < -0.39 is 30.0 Å². The number of hydrogen-bond acceptors (Lipinski definition) is 14. The van der Waals surface area contributed by atoms with Crippen LogP contribution in [0.3, 0.4) is 0 Å². The number of halogens is 5. The second-order valence-corrected chi connectivity index (χ2v) is 23.5. The number of morpholine rings is 2. The van der Waals surface area contributed by atoms with Gasteiger partial charge >= 0.3 is 7.12 Å². The summed E-state index contributed by atoms with van der Waals surface area (Å²) in [6.07, 6.45) is 10.1. The summed E-state index contributed by atoms with van der Waals surface area (Å²) >= 11 is 16.2. The smallest absolute Gasteiger partial charge is 0.486 e. The third-order valence-electron chi connectivity index (χ3n) is 15.0. The van der Waals surface area contributed by atoms with Crippen LogP contribution >= 0.6 is 39.1 Å². The Kier molecular flexibility index (Phi) is 20.5. The highest BCUT2D eigenvalue weighted by Crippen LogP contribution is 2.41. The molecule has 0 aliphatic carbocycles. The van der Waals surface area contributed by atoms with Crippen LogP contribution in [0.15, 0.2) is 114 Å². The Labute approximate surface area is 515 Å². The molecule has 2 unspecified atom stereocenters. The fourth-order valence-corrected chi connectivity index (χ4v) is 10.5. The number of anilines is 2. The summed E-state index contributed by atoms with van der Waals surface area (Å²) in [5.41, 5.74) is 16.0. The molecule has 24 heteroatoms. The van der Waals surface area contributed by atoms with E-state index in [0.717, 1.165) is 27.7 Å². The molecule has 86 heavy (non-hydrogen) atoms. The molecule has 3 saturated heterocycles. The van der Waals surface area contributed by atoms with Gasteiger partial charge in [-0.15, -0.1) is 0 Å². The molecule has 5 aliphatic heterocycles. The number of fused-ring (bicyclic) bond motifs is 2. The molecular weight excluding hydrogens is 1220 g/mol. The average Bonchev–Trinajstić information content (AvgIpc) is 1.93. The number of rotatable bonds is 12. The van der Waals surface area contributed by atoms with E-state index in [4.69, 9.17) is 62.9 Å². The maximum Gasteiger partial charge on any atom is 0.494 e. The lowest BCUT2D eigenvalue weighted by Gasteiger charge is -2.32. The van der Waals surface area contributed by atoms with Crippen LogP contribution < -0.4 is 37.0 Å². The van der Waals surface area contributed by atoms with Crippen molar-refractivity contribution in [2.45, 2.75) is 63.9 Å². The van der Waals surface area contributed by atoms with Gasteiger partial charge in [0.15, 0.2) is 0 Å². The largest absolute Gasteiger partial charge is 0.494 e. The minimum Gasteiger partial charge on any atom is -0.486 e. The number of benzene rings is 4. The molecule has 6 aromatic rings. The van der Waals surface area contributed by atoms with Crippen molar-refractivity contribution >= 4 is 99.1 Å². The summed E-state index contributed by atoms with van der Waals surface area (Å²) in [7, 11) is -0.491. The average molecular weight is 1280 g/mol. The Morgan fingerprint density at radius 2 is 1.10 bits per heavy atom. The monoisotopic (exact) mass is 1280 g/mol. The summed E-state index contributed by atoms with van der Waals surface area (Å²) in [5, 5.41) is 6.60. The molecule has 4 aromatic carbocycles. The maximum absolute atomic E-state index is 15.0.